The summed E-state index contributed by atoms with van der Waals surface area (Å²) in [6.07, 6.45) is 8.06. The highest BCUT2D eigenvalue weighted by atomic mass is 16.2. The minimum absolute atomic E-state index is 0.0899. The molecule has 1 N–H and O–H groups in total. The van der Waals surface area contributed by atoms with E-state index in [9.17, 15) is 9.59 Å². The summed E-state index contributed by atoms with van der Waals surface area (Å²) in [7, 11) is 0. The summed E-state index contributed by atoms with van der Waals surface area (Å²) in [4.78, 5) is 27.6. The van der Waals surface area contributed by atoms with Crippen LogP contribution in [0.2, 0.25) is 0 Å². The smallest absolute Gasteiger partial charge is 0.273 e. The average molecular weight is 442 g/mol. The van der Waals surface area contributed by atoms with Gasteiger partial charge in [-0.2, -0.15) is 0 Å². The zero-order valence-electron chi connectivity index (χ0n) is 19.4. The number of aromatic nitrogens is 2. The number of carbonyl (C=O) groups is 1. The summed E-state index contributed by atoms with van der Waals surface area (Å²) < 4.78 is 0. The minimum Gasteiger partial charge on any atom is -0.273 e. The molecule has 5 heteroatoms. The van der Waals surface area contributed by atoms with Gasteiger partial charge in [0.1, 0.15) is 5.69 Å². The number of benzene rings is 2. The topological polar surface area (TPSA) is 64.0 Å². The Bertz CT molecular complexity index is 1290. The van der Waals surface area contributed by atoms with Crippen molar-refractivity contribution in [1.82, 2.24) is 9.89 Å². The molecule has 0 saturated heterocycles. The van der Waals surface area contributed by atoms with Crippen LogP contribution >= 0.6 is 0 Å². The third-order valence-electron chi connectivity index (χ3n) is 8.52. The van der Waals surface area contributed by atoms with Gasteiger partial charge in [-0.1, -0.05) is 30.3 Å². The van der Waals surface area contributed by atoms with Crippen LogP contribution in [0.15, 0.2) is 47.3 Å². The molecule has 2 aromatic carbocycles. The molecule has 4 fully saturated rings. The van der Waals surface area contributed by atoms with Gasteiger partial charge >= 0.3 is 0 Å². The Morgan fingerprint density at radius 2 is 1.61 bits per heavy atom. The lowest BCUT2D eigenvalue weighted by atomic mass is 9.49. The molecule has 1 heterocycles. The molecule has 0 aliphatic heterocycles. The van der Waals surface area contributed by atoms with Gasteiger partial charge in [0.05, 0.1) is 5.39 Å². The summed E-state index contributed by atoms with van der Waals surface area (Å²) in [5.41, 5.74) is 6.74. The zero-order chi connectivity index (χ0) is 22.7. The van der Waals surface area contributed by atoms with E-state index < -0.39 is 0 Å². The van der Waals surface area contributed by atoms with Crippen molar-refractivity contribution in [2.45, 2.75) is 58.8 Å². The molecule has 4 aliphatic rings. The normalized spacial score (nSPS) is 27.8. The van der Waals surface area contributed by atoms with Crippen LogP contribution in [0, 0.1) is 37.0 Å². The van der Waals surface area contributed by atoms with E-state index in [0.717, 1.165) is 28.7 Å². The number of fused-ring (bicyclic) bond motifs is 1. The van der Waals surface area contributed by atoms with E-state index in [1.165, 1.54) is 54.4 Å². The van der Waals surface area contributed by atoms with Crippen LogP contribution < -0.4 is 11.0 Å². The summed E-state index contributed by atoms with van der Waals surface area (Å²) >= 11 is 0. The van der Waals surface area contributed by atoms with Crippen molar-refractivity contribution in [2.24, 2.45) is 23.2 Å². The number of aryl methyl sites for hydroxylation is 2. The fraction of sp³-hybridized carbons (Fsp3) is 0.464. The molecule has 4 bridgehead atoms. The Morgan fingerprint density at radius 3 is 2.24 bits per heavy atom. The van der Waals surface area contributed by atoms with E-state index in [-0.39, 0.29) is 16.9 Å². The summed E-state index contributed by atoms with van der Waals surface area (Å²) in [6, 6.07) is 13.7. The maximum Gasteiger partial charge on any atom is 0.294 e. The predicted molar refractivity (Wildman–Crippen MR) is 131 cm³/mol. The van der Waals surface area contributed by atoms with E-state index in [1.807, 2.05) is 30.3 Å². The van der Waals surface area contributed by atoms with Crippen molar-refractivity contribution in [3.63, 3.8) is 0 Å². The molecular formula is C28H31N3O2. The van der Waals surface area contributed by atoms with E-state index in [2.05, 4.69) is 36.5 Å². The van der Waals surface area contributed by atoms with Crippen LogP contribution in [0.3, 0.4) is 0 Å². The van der Waals surface area contributed by atoms with Crippen LogP contribution in [-0.4, -0.2) is 15.8 Å². The fourth-order valence-corrected chi connectivity index (χ4v) is 7.37. The van der Waals surface area contributed by atoms with Crippen LogP contribution in [-0.2, 0) is 4.79 Å². The fourth-order valence-electron chi connectivity index (χ4n) is 7.37. The lowest BCUT2D eigenvalue weighted by Crippen LogP contribution is -2.48. The number of nitrogens with one attached hydrogen (secondary N) is 1. The molecule has 0 spiro atoms. The Hall–Kier alpha value is -2.95. The molecule has 170 valence electrons. The molecule has 4 aliphatic carbocycles. The Labute approximate surface area is 194 Å². The zero-order valence-corrected chi connectivity index (χ0v) is 19.4. The van der Waals surface area contributed by atoms with Gasteiger partial charge in [0.25, 0.3) is 5.56 Å². The maximum absolute atomic E-state index is 13.2. The molecule has 0 atom stereocenters. The monoisotopic (exact) mass is 441 g/mol. The first-order valence-corrected chi connectivity index (χ1v) is 12.3. The van der Waals surface area contributed by atoms with Gasteiger partial charge in [-0.05, 0) is 98.8 Å². The van der Waals surface area contributed by atoms with Crippen molar-refractivity contribution < 1.29 is 4.79 Å². The van der Waals surface area contributed by atoms with E-state index >= 15 is 0 Å². The van der Waals surface area contributed by atoms with E-state index in [4.69, 9.17) is 0 Å². The van der Waals surface area contributed by atoms with Gasteiger partial charge < -0.3 is 0 Å². The first kappa shape index (κ1) is 20.6. The molecule has 1 amide bonds. The van der Waals surface area contributed by atoms with Gasteiger partial charge in [0.15, 0.2) is 0 Å². The number of nitrogens with zero attached hydrogens (tertiary/aromatic N) is 2. The van der Waals surface area contributed by atoms with Crippen molar-refractivity contribution in [3.05, 3.63) is 63.9 Å². The van der Waals surface area contributed by atoms with Crippen LogP contribution in [0.1, 0.15) is 56.1 Å². The first-order chi connectivity index (χ1) is 15.9. The maximum atomic E-state index is 13.2. The van der Waals surface area contributed by atoms with Crippen LogP contribution in [0.5, 0.6) is 0 Å². The predicted octanol–water partition coefficient (Wildman–Crippen LogP) is 5.36. The van der Waals surface area contributed by atoms with Gasteiger partial charge in [-0.3, -0.25) is 9.59 Å². The summed E-state index contributed by atoms with van der Waals surface area (Å²) in [5, 5.41) is 6.02. The molecule has 3 aromatic rings. The Morgan fingerprint density at radius 1 is 0.970 bits per heavy atom. The van der Waals surface area contributed by atoms with Crippen LogP contribution in [0.4, 0.5) is 0 Å². The quantitative estimate of drug-likeness (QED) is 0.593. The third kappa shape index (κ3) is 3.58. The highest BCUT2D eigenvalue weighted by Gasteiger charge is 2.51. The summed E-state index contributed by atoms with van der Waals surface area (Å²) in [5.74, 6) is 2.29. The molecular weight excluding hydrogens is 410 g/mol. The van der Waals surface area contributed by atoms with Crippen molar-refractivity contribution in [3.8, 4) is 11.3 Å². The number of hydrogen-bond donors (Lipinski definition) is 1. The van der Waals surface area contributed by atoms with Gasteiger partial charge in [-0.15, -0.1) is 9.89 Å². The van der Waals surface area contributed by atoms with Gasteiger partial charge in [0.2, 0.25) is 5.91 Å². The number of carbonyl (C=O) groups excluding carboxylic acids is 1. The lowest BCUT2D eigenvalue weighted by molar-refractivity contribution is -0.125. The molecule has 7 rings (SSSR count). The molecule has 33 heavy (non-hydrogen) atoms. The van der Waals surface area contributed by atoms with Crippen molar-refractivity contribution >= 4 is 16.7 Å². The highest BCUT2D eigenvalue weighted by molar-refractivity contribution is 5.94. The standard InChI is InChI=1S/C28H31N3O2/c1-17-7-8-22(9-18(17)2)26-23-5-3-4-6-24(23)27(33)31(30-26)29-25(32)16-28-13-19-10-20(14-28)12-21(11-19)15-28/h3-9,19-21H,10-16H2,1-2H3,(H,29,32). The SMILES string of the molecule is Cc1ccc(-c2nn(NC(=O)CC34CC5CC(CC(C5)C3)C4)c(=O)c3ccccc23)cc1C. The molecule has 0 unspecified atom stereocenters. The first-order valence-electron chi connectivity index (χ1n) is 12.3. The van der Waals surface area contributed by atoms with Crippen molar-refractivity contribution in [1.29, 1.82) is 0 Å². The van der Waals surface area contributed by atoms with E-state index in [0.29, 0.717) is 17.5 Å². The second-order valence-electron chi connectivity index (χ2n) is 11.0. The Balaban J connectivity index is 1.34. The Kier molecular flexibility index (Phi) is 4.72. The lowest BCUT2D eigenvalue weighted by Gasteiger charge is -2.56. The van der Waals surface area contributed by atoms with Gasteiger partial charge in [0, 0.05) is 17.4 Å². The summed E-state index contributed by atoms with van der Waals surface area (Å²) in [6.45, 7) is 4.15. The average Bonchev–Trinajstić information content (AvgIpc) is 2.76. The molecule has 0 radical (unpaired) electrons. The third-order valence-corrected chi connectivity index (χ3v) is 8.52. The number of rotatable bonds is 4. The van der Waals surface area contributed by atoms with Crippen molar-refractivity contribution in [2.75, 3.05) is 5.43 Å². The molecule has 5 nitrogen and oxygen atoms in total. The van der Waals surface area contributed by atoms with Crippen LogP contribution in [0.25, 0.3) is 22.0 Å². The second kappa shape index (κ2) is 7.54. The highest BCUT2D eigenvalue weighted by Crippen LogP contribution is 2.61. The second-order valence-corrected chi connectivity index (χ2v) is 11.0. The minimum atomic E-state index is -0.281. The largest absolute Gasteiger partial charge is 0.294 e. The number of amides is 1. The van der Waals surface area contributed by atoms with E-state index in [1.54, 1.807) is 0 Å². The van der Waals surface area contributed by atoms with Gasteiger partial charge in [-0.25, -0.2) is 5.43 Å². The molecule has 1 aromatic heterocycles. The number of hydrogen-bond acceptors (Lipinski definition) is 3. The molecule has 4 saturated carbocycles.